The third-order valence-corrected chi connectivity index (χ3v) is 3.79. The first-order valence-corrected chi connectivity index (χ1v) is 8.32. The van der Waals surface area contributed by atoms with E-state index in [1.165, 1.54) is 0 Å². The molecule has 0 aliphatic heterocycles. The number of carbonyl (C=O) groups is 1. The minimum absolute atomic E-state index is 0.00713. The van der Waals surface area contributed by atoms with Crippen LogP contribution in [0, 0.1) is 6.92 Å². The van der Waals surface area contributed by atoms with Crippen molar-refractivity contribution >= 4 is 11.6 Å². The molecule has 1 amide bonds. The highest BCUT2D eigenvalue weighted by Gasteiger charge is 2.19. The highest BCUT2D eigenvalue weighted by Crippen LogP contribution is 2.02. The smallest absolute Gasteiger partial charge is 0.275 e. The lowest BCUT2D eigenvalue weighted by Gasteiger charge is -2.23. The van der Waals surface area contributed by atoms with Gasteiger partial charge in [-0.2, -0.15) is 0 Å². The van der Waals surface area contributed by atoms with Gasteiger partial charge in [-0.15, -0.1) is 0 Å². The largest absolute Gasteiger partial charge is 0.347 e. The molecule has 6 nitrogen and oxygen atoms in total. The van der Waals surface area contributed by atoms with Crippen molar-refractivity contribution < 1.29 is 9.69 Å². The fourth-order valence-electron chi connectivity index (χ4n) is 2.71. The molecule has 2 rings (SSSR count). The Kier molecular flexibility index (Phi) is 5.39. The first-order valence-electron chi connectivity index (χ1n) is 8.32. The molecule has 0 aliphatic rings. The van der Waals surface area contributed by atoms with Gasteiger partial charge in [-0.3, -0.25) is 14.0 Å². The Morgan fingerprint density at radius 2 is 2.04 bits per heavy atom. The number of quaternary nitrogens is 1. The predicted octanol–water partition coefficient (Wildman–Crippen LogP) is 0.322. The van der Waals surface area contributed by atoms with E-state index in [1.54, 1.807) is 10.5 Å². The number of aromatic nitrogens is 2. The van der Waals surface area contributed by atoms with Gasteiger partial charge in [-0.25, -0.2) is 4.98 Å². The number of fused-ring (bicyclic) bond motifs is 1. The van der Waals surface area contributed by atoms with Crippen LogP contribution in [0.3, 0.4) is 0 Å². The molecule has 1 atom stereocenters. The third kappa shape index (κ3) is 4.64. The minimum atomic E-state index is -0.243. The van der Waals surface area contributed by atoms with Crippen LogP contribution in [-0.4, -0.2) is 33.9 Å². The average Bonchev–Trinajstić information content (AvgIpc) is 2.44. The van der Waals surface area contributed by atoms with Crippen LogP contribution in [-0.2, 0) is 11.3 Å². The summed E-state index contributed by atoms with van der Waals surface area (Å²) in [6.07, 6.45) is 0. The Morgan fingerprint density at radius 1 is 1.33 bits per heavy atom. The summed E-state index contributed by atoms with van der Waals surface area (Å²) in [5, 5.41) is 2.97. The lowest BCUT2D eigenvalue weighted by molar-refractivity contribution is -0.904. The van der Waals surface area contributed by atoms with Gasteiger partial charge in [-0.05, 0) is 46.8 Å². The molecular weight excluding hydrogens is 304 g/mol. The van der Waals surface area contributed by atoms with E-state index in [2.05, 4.69) is 10.3 Å². The molecule has 2 N–H and O–H groups in total. The van der Waals surface area contributed by atoms with E-state index in [9.17, 15) is 9.59 Å². The van der Waals surface area contributed by atoms with Crippen molar-refractivity contribution in [1.29, 1.82) is 0 Å². The van der Waals surface area contributed by atoms with Gasteiger partial charge in [-0.1, -0.05) is 6.07 Å². The summed E-state index contributed by atoms with van der Waals surface area (Å²) in [5.74, 6) is 0.00713. The van der Waals surface area contributed by atoms with Gasteiger partial charge >= 0.3 is 0 Å². The highest BCUT2D eigenvalue weighted by atomic mass is 16.2. The van der Waals surface area contributed by atoms with E-state index in [0.29, 0.717) is 24.4 Å². The van der Waals surface area contributed by atoms with Crippen LogP contribution in [0.2, 0.25) is 0 Å². The van der Waals surface area contributed by atoms with Gasteiger partial charge in [0.15, 0.2) is 6.54 Å². The molecule has 0 radical (unpaired) electrons. The molecule has 24 heavy (non-hydrogen) atoms. The fourth-order valence-corrected chi connectivity index (χ4v) is 2.71. The van der Waals surface area contributed by atoms with Crippen molar-refractivity contribution in [2.24, 2.45) is 0 Å². The van der Waals surface area contributed by atoms with Gasteiger partial charge < -0.3 is 10.2 Å². The number of rotatable bonds is 5. The molecule has 0 saturated carbocycles. The summed E-state index contributed by atoms with van der Waals surface area (Å²) >= 11 is 0. The van der Waals surface area contributed by atoms with E-state index >= 15 is 0 Å². The molecule has 0 aromatic carbocycles. The van der Waals surface area contributed by atoms with Crippen LogP contribution in [0.25, 0.3) is 5.65 Å². The molecule has 6 heteroatoms. The molecule has 0 bridgehead atoms. The number of pyridine rings is 1. The maximum atomic E-state index is 12.3. The van der Waals surface area contributed by atoms with Gasteiger partial charge in [0, 0.05) is 17.3 Å². The molecule has 1 unspecified atom stereocenters. The van der Waals surface area contributed by atoms with E-state index in [0.717, 1.165) is 17.1 Å². The average molecular weight is 331 g/mol. The number of carbonyl (C=O) groups excluding carboxylic acids is 1. The van der Waals surface area contributed by atoms with Crippen molar-refractivity contribution in [2.75, 3.05) is 13.1 Å². The topological polar surface area (TPSA) is 67.9 Å². The molecule has 0 spiro atoms. The fraction of sp³-hybridized carbons (Fsp3) is 0.500. The molecular formula is C18H27N4O2+. The number of nitrogens with one attached hydrogen (secondary N) is 2. The lowest BCUT2D eigenvalue weighted by atomic mass is 10.1. The molecule has 2 heterocycles. The SMILES string of the molecule is CC[NH+](CC(=O)NC(C)(C)C)Cc1cc(=O)n2c(C)cccc2n1. The Morgan fingerprint density at radius 3 is 2.67 bits per heavy atom. The second-order valence-corrected chi connectivity index (χ2v) is 7.20. The Hall–Kier alpha value is -2.21. The number of hydrogen-bond donors (Lipinski definition) is 2. The summed E-state index contributed by atoms with van der Waals surface area (Å²) in [7, 11) is 0. The Balaban J connectivity index is 2.18. The van der Waals surface area contributed by atoms with Crippen LogP contribution in [0.1, 0.15) is 39.1 Å². The molecule has 2 aromatic heterocycles. The Bertz CT molecular complexity index is 790. The zero-order valence-electron chi connectivity index (χ0n) is 15.1. The molecule has 130 valence electrons. The van der Waals surface area contributed by atoms with E-state index in [1.807, 2.05) is 52.8 Å². The van der Waals surface area contributed by atoms with E-state index in [4.69, 9.17) is 0 Å². The number of hydrogen-bond acceptors (Lipinski definition) is 3. The first-order chi connectivity index (χ1) is 11.2. The standard InChI is InChI=1S/C18H26N4O2/c1-6-21(12-16(23)20-18(3,4)5)11-14-10-17(24)22-13(2)8-7-9-15(22)19-14/h7-10H,6,11-12H2,1-5H3,(H,20,23)/p+1. The molecule has 0 saturated heterocycles. The monoisotopic (exact) mass is 331 g/mol. The molecule has 0 fully saturated rings. The quantitative estimate of drug-likeness (QED) is 0.829. The second-order valence-electron chi connectivity index (χ2n) is 7.20. The van der Waals surface area contributed by atoms with Crippen molar-refractivity contribution in [3.8, 4) is 0 Å². The van der Waals surface area contributed by atoms with Gasteiger partial charge in [0.2, 0.25) is 0 Å². The highest BCUT2D eigenvalue weighted by molar-refractivity contribution is 5.77. The number of likely N-dealkylation sites (N-methyl/N-ethyl adjacent to an activating group) is 1. The van der Waals surface area contributed by atoms with Crippen LogP contribution < -0.4 is 15.8 Å². The maximum Gasteiger partial charge on any atom is 0.275 e. The van der Waals surface area contributed by atoms with Crippen molar-refractivity contribution in [2.45, 2.75) is 46.7 Å². The van der Waals surface area contributed by atoms with E-state index in [-0.39, 0.29) is 17.0 Å². The summed E-state index contributed by atoms with van der Waals surface area (Å²) in [4.78, 5) is 30.1. The zero-order chi connectivity index (χ0) is 17.9. The molecule has 0 aliphatic carbocycles. The van der Waals surface area contributed by atoms with Crippen LogP contribution >= 0.6 is 0 Å². The number of amides is 1. The van der Waals surface area contributed by atoms with Crippen molar-refractivity contribution in [1.82, 2.24) is 14.7 Å². The van der Waals surface area contributed by atoms with Crippen LogP contribution in [0.5, 0.6) is 0 Å². The summed E-state index contributed by atoms with van der Waals surface area (Å²) in [6, 6.07) is 7.17. The van der Waals surface area contributed by atoms with Crippen molar-refractivity contribution in [3.63, 3.8) is 0 Å². The first kappa shape index (κ1) is 18.1. The number of nitrogens with zero attached hydrogens (tertiary/aromatic N) is 2. The summed E-state index contributed by atoms with van der Waals surface area (Å²) in [6.45, 7) is 11.5. The lowest BCUT2D eigenvalue weighted by Crippen LogP contribution is -3.11. The zero-order valence-corrected chi connectivity index (χ0v) is 15.1. The maximum absolute atomic E-state index is 12.3. The summed E-state index contributed by atoms with van der Waals surface area (Å²) in [5.41, 5.74) is 1.90. The normalized spacial score (nSPS) is 13.0. The second kappa shape index (κ2) is 7.13. The molecule has 2 aromatic rings. The van der Waals surface area contributed by atoms with Crippen LogP contribution in [0.15, 0.2) is 29.1 Å². The minimum Gasteiger partial charge on any atom is -0.347 e. The Labute approximate surface area is 142 Å². The third-order valence-electron chi connectivity index (χ3n) is 3.79. The van der Waals surface area contributed by atoms with Gasteiger partial charge in [0.05, 0.1) is 6.54 Å². The van der Waals surface area contributed by atoms with Crippen molar-refractivity contribution in [3.05, 3.63) is 46.0 Å². The number of aryl methyl sites for hydroxylation is 1. The van der Waals surface area contributed by atoms with Gasteiger partial charge in [0.25, 0.3) is 11.5 Å². The van der Waals surface area contributed by atoms with Crippen LogP contribution in [0.4, 0.5) is 0 Å². The van der Waals surface area contributed by atoms with Gasteiger partial charge in [0.1, 0.15) is 17.9 Å². The summed E-state index contributed by atoms with van der Waals surface area (Å²) < 4.78 is 1.60. The predicted molar refractivity (Wildman–Crippen MR) is 94.2 cm³/mol. The van der Waals surface area contributed by atoms with E-state index < -0.39 is 0 Å².